The molecular formula is C11H13F3O3S. The van der Waals surface area contributed by atoms with Crippen LogP contribution >= 0.6 is 0 Å². The van der Waals surface area contributed by atoms with E-state index in [1.54, 1.807) is 6.92 Å². The maximum absolute atomic E-state index is 12.3. The molecule has 1 aromatic carbocycles. The highest BCUT2D eigenvalue weighted by molar-refractivity contribution is 7.86. The van der Waals surface area contributed by atoms with Crippen molar-refractivity contribution in [2.24, 2.45) is 0 Å². The summed E-state index contributed by atoms with van der Waals surface area (Å²) in [6.07, 6.45) is -3.92. The molecule has 0 spiro atoms. The van der Waals surface area contributed by atoms with Crippen molar-refractivity contribution in [1.82, 2.24) is 0 Å². The molecule has 0 aliphatic heterocycles. The van der Waals surface area contributed by atoms with Crippen LogP contribution in [0.2, 0.25) is 0 Å². The fraction of sp³-hybridized carbons (Fsp3) is 0.455. The molecule has 0 aliphatic carbocycles. The summed E-state index contributed by atoms with van der Waals surface area (Å²) < 4.78 is 63.8. The molecule has 0 radical (unpaired) electrons. The molecule has 7 heteroatoms. The molecule has 3 nitrogen and oxygen atoms in total. The van der Waals surface area contributed by atoms with Crippen molar-refractivity contribution >= 4 is 10.1 Å². The lowest BCUT2D eigenvalue weighted by Gasteiger charge is -2.15. The summed E-state index contributed by atoms with van der Waals surface area (Å²) in [7, 11) is -3.64. The Hall–Kier alpha value is -1.08. The van der Waals surface area contributed by atoms with Crippen molar-refractivity contribution in [2.75, 3.05) is 6.26 Å². The van der Waals surface area contributed by atoms with E-state index in [1.165, 1.54) is 12.1 Å². The number of hydrogen-bond acceptors (Lipinski definition) is 3. The van der Waals surface area contributed by atoms with E-state index in [0.29, 0.717) is 12.0 Å². The molecule has 1 rings (SSSR count). The van der Waals surface area contributed by atoms with Gasteiger partial charge in [-0.1, -0.05) is 19.1 Å². The van der Waals surface area contributed by atoms with Gasteiger partial charge in [-0.25, -0.2) is 0 Å². The Kier molecular flexibility index (Phi) is 4.39. The summed E-state index contributed by atoms with van der Waals surface area (Å²) in [5.41, 5.74) is -0.378. The first-order valence-electron chi connectivity index (χ1n) is 5.19. The molecular weight excluding hydrogens is 269 g/mol. The van der Waals surface area contributed by atoms with Crippen molar-refractivity contribution in [1.29, 1.82) is 0 Å². The predicted molar refractivity (Wildman–Crippen MR) is 60.4 cm³/mol. The zero-order valence-corrected chi connectivity index (χ0v) is 10.7. The Bertz CT molecular complexity index is 491. The van der Waals surface area contributed by atoms with Crippen LogP contribution in [0.1, 0.15) is 30.6 Å². The molecule has 0 N–H and O–H groups in total. The minimum Gasteiger partial charge on any atom is -0.262 e. The second-order valence-corrected chi connectivity index (χ2v) is 5.42. The van der Waals surface area contributed by atoms with E-state index in [1.807, 2.05) is 0 Å². The number of hydrogen-bond donors (Lipinski definition) is 0. The van der Waals surface area contributed by atoms with E-state index in [9.17, 15) is 21.6 Å². The molecule has 0 heterocycles. The highest BCUT2D eigenvalue weighted by atomic mass is 32.2. The second-order valence-electron chi connectivity index (χ2n) is 3.82. The number of alkyl halides is 3. The van der Waals surface area contributed by atoms with Crippen LogP contribution in [0.25, 0.3) is 0 Å². The maximum atomic E-state index is 12.3. The normalized spacial score (nSPS) is 14.5. The van der Waals surface area contributed by atoms with E-state index in [2.05, 4.69) is 0 Å². The summed E-state index contributed by atoms with van der Waals surface area (Å²) >= 11 is 0. The van der Waals surface area contributed by atoms with Gasteiger partial charge in [0.2, 0.25) is 0 Å². The Morgan fingerprint density at radius 1 is 1.22 bits per heavy atom. The Labute approximate surface area is 104 Å². The minimum absolute atomic E-state index is 0.346. The Morgan fingerprint density at radius 2 is 1.72 bits per heavy atom. The fourth-order valence-corrected chi connectivity index (χ4v) is 2.13. The Balaban J connectivity index is 2.96. The van der Waals surface area contributed by atoms with Gasteiger partial charge >= 0.3 is 6.18 Å². The fourth-order valence-electron chi connectivity index (χ4n) is 1.46. The highest BCUT2D eigenvalue weighted by Gasteiger charge is 2.30. The van der Waals surface area contributed by atoms with Crippen molar-refractivity contribution in [3.63, 3.8) is 0 Å². The number of rotatable bonds is 4. The minimum atomic E-state index is -4.40. The van der Waals surface area contributed by atoms with E-state index in [-0.39, 0.29) is 0 Å². The summed E-state index contributed by atoms with van der Waals surface area (Å²) in [5, 5.41) is 0. The number of halogens is 3. The van der Waals surface area contributed by atoms with Crippen LogP contribution in [-0.2, 0) is 20.5 Å². The van der Waals surface area contributed by atoms with E-state index >= 15 is 0 Å². The third kappa shape index (κ3) is 4.30. The summed E-state index contributed by atoms with van der Waals surface area (Å²) in [5.74, 6) is 0. The van der Waals surface area contributed by atoms with Gasteiger partial charge in [0.15, 0.2) is 0 Å². The second kappa shape index (κ2) is 5.27. The van der Waals surface area contributed by atoms with Crippen LogP contribution in [0.15, 0.2) is 24.3 Å². The molecule has 1 aromatic rings. The van der Waals surface area contributed by atoms with Gasteiger partial charge in [0.05, 0.1) is 11.8 Å². The summed E-state index contributed by atoms with van der Waals surface area (Å²) in [6.45, 7) is 1.69. The van der Waals surface area contributed by atoms with Crippen LogP contribution in [-0.4, -0.2) is 14.7 Å². The lowest BCUT2D eigenvalue weighted by molar-refractivity contribution is -0.137. The zero-order valence-electron chi connectivity index (χ0n) is 9.86. The molecule has 0 bridgehead atoms. The molecule has 102 valence electrons. The SMILES string of the molecule is CC[C@@H](OS(C)(=O)=O)c1ccc(C(F)(F)F)cc1. The van der Waals surface area contributed by atoms with Gasteiger partial charge in [-0.3, -0.25) is 4.18 Å². The first-order valence-corrected chi connectivity index (χ1v) is 7.00. The van der Waals surface area contributed by atoms with Crippen molar-refractivity contribution in [2.45, 2.75) is 25.6 Å². The molecule has 0 unspecified atom stereocenters. The monoisotopic (exact) mass is 282 g/mol. The average Bonchev–Trinajstić information content (AvgIpc) is 2.24. The molecule has 0 saturated carbocycles. The first kappa shape index (κ1) is 15.0. The van der Waals surface area contributed by atoms with Gasteiger partial charge in [-0.2, -0.15) is 21.6 Å². The van der Waals surface area contributed by atoms with E-state index in [0.717, 1.165) is 18.4 Å². The van der Waals surface area contributed by atoms with Gasteiger partial charge in [-0.15, -0.1) is 0 Å². The summed E-state index contributed by atoms with van der Waals surface area (Å²) in [4.78, 5) is 0. The summed E-state index contributed by atoms with van der Waals surface area (Å²) in [6, 6.07) is 4.26. The standard InChI is InChI=1S/C11H13F3O3S/c1-3-10(17-18(2,15)16)8-4-6-9(7-5-8)11(12,13)14/h4-7,10H,3H2,1-2H3/t10-/m1/s1. The Morgan fingerprint density at radius 3 is 2.06 bits per heavy atom. The lowest BCUT2D eigenvalue weighted by Crippen LogP contribution is -2.10. The molecule has 1 atom stereocenters. The van der Waals surface area contributed by atoms with Crippen LogP contribution in [0.5, 0.6) is 0 Å². The van der Waals surface area contributed by atoms with Gasteiger partial charge in [0, 0.05) is 0 Å². The van der Waals surface area contributed by atoms with Crippen molar-refractivity contribution in [3.8, 4) is 0 Å². The average molecular weight is 282 g/mol. The molecule has 0 aromatic heterocycles. The maximum Gasteiger partial charge on any atom is 0.416 e. The van der Waals surface area contributed by atoms with Crippen LogP contribution in [0, 0.1) is 0 Å². The molecule has 18 heavy (non-hydrogen) atoms. The third-order valence-corrected chi connectivity index (χ3v) is 2.85. The topological polar surface area (TPSA) is 43.4 Å². The first-order chi connectivity index (χ1) is 8.13. The lowest BCUT2D eigenvalue weighted by atomic mass is 10.1. The van der Waals surface area contributed by atoms with Crippen LogP contribution in [0.4, 0.5) is 13.2 Å². The largest absolute Gasteiger partial charge is 0.416 e. The highest BCUT2D eigenvalue weighted by Crippen LogP contribution is 2.31. The van der Waals surface area contributed by atoms with Gasteiger partial charge in [0.25, 0.3) is 10.1 Å². The van der Waals surface area contributed by atoms with Crippen molar-refractivity contribution in [3.05, 3.63) is 35.4 Å². The molecule has 0 fully saturated rings. The molecule has 0 saturated heterocycles. The van der Waals surface area contributed by atoms with Crippen molar-refractivity contribution < 1.29 is 25.8 Å². The van der Waals surface area contributed by atoms with Gasteiger partial charge in [0.1, 0.15) is 6.10 Å². The van der Waals surface area contributed by atoms with Crippen LogP contribution < -0.4 is 0 Å². The van der Waals surface area contributed by atoms with Gasteiger partial charge in [-0.05, 0) is 24.1 Å². The smallest absolute Gasteiger partial charge is 0.262 e. The van der Waals surface area contributed by atoms with Gasteiger partial charge < -0.3 is 0 Å². The zero-order chi connectivity index (χ0) is 14.0. The van der Waals surface area contributed by atoms with E-state index < -0.39 is 28.0 Å². The molecule has 0 amide bonds. The van der Waals surface area contributed by atoms with E-state index in [4.69, 9.17) is 4.18 Å². The quantitative estimate of drug-likeness (QED) is 0.797. The molecule has 0 aliphatic rings. The third-order valence-electron chi connectivity index (χ3n) is 2.27. The number of benzene rings is 1. The predicted octanol–water partition coefficient (Wildman–Crippen LogP) is 3.13. The van der Waals surface area contributed by atoms with Crippen LogP contribution in [0.3, 0.4) is 0 Å².